The van der Waals surface area contributed by atoms with Gasteiger partial charge in [0.15, 0.2) is 12.6 Å². The van der Waals surface area contributed by atoms with Crippen LogP contribution in [0.25, 0.3) is 11.1 Å². The molecule has 2 aromatic rings. The molecule has 5 aliphatic rings. The maximum Gasteiger partial charge on any atom is 0.311 e. The lowest BCUT2D eigenvalue weighted by molar-refractivity contribution is -0.378. The van der Waals surface area contributed by atoms with Gasteiger partial charge < -0.3 is 68.4 Å². The van der Waals surface area contributed by atoms with Gasteiger partial charge in [-0.1, -0.05) is 39.0 Å². The number of aliphatic hydroxyl groups is 3. The standard InChI is InChI=1S/C55H88N6O12/c1-14-44-55(10,65)48(62)37(6)60(12)31-33(2)28-54(9)50(35(4)46(36(5)51(64)70-44)71-45-29-53(8,66-13)49(63)38(7)69-45)72-52-47(73-54)43(27-34(3)68-52)59(11)25-22-41-32-61(58-57-41)24-16-26-67-42-20-18-39(19-21-42)40-17-15-23-56-30-40/h15,17-21,23,30,32-38,43-50,52,57-58,62-63,65H,14,16,22,24-29,31H2,1-13H3/t33-,34-,35+,36-,37-,38+,43+,44-,45+,46+,47-,48-,49+,50-,52+,53-,54-,55-/m1/s1. The predicted octanol–water partition coefficient (Wildman–Crippen LogP) is 5.40. The molecule has 0 saturated carbocycles. The number of carbonyl (C=O) groups excluding carboxylic acids is 1. The molecule has 0 amide bonds. The number of likely N-dealkylation sites (N-methyl/N-ethyl adjacent to an activating group) is 2. The number of carbonyl (C=O) groups is 1. The maximum atomic E-state index is 14.5. The summed E-state index contributed by atoms with van der Waals surface area (Å²) in [7, 11) is 5.63. The second kappa shape index (κ2) is 24.2. The Bertz CT molecular complexity index is 2110. The van der Waals surface area contributed by atoms with Gasteiger partial charge in [-0.3, -0.25) is 14.8 Å². The number of esters is 1. The number of aliphatic hydroxyl groups excluding tert-OH is 2. The number of nitrogens with zero attached hydrogens (tertiary/aromatic N) is 4. The topological polar surface area (TPSA) is 198 Å². The third-order valence-electron chi connectivity index (χ3n) is 16.5. The van der Waals surface area contributed by atoms with Gasteiger partial charge in [-0.05, 0) is 117 Å². The van der Waals surface area contributed by atoms with Crippen LogP contribution in [0.2, 0.25) is 0 Å². The van der Waals surface area contributed by atoms with Gasteiger partial charge in [0.2, 0.25) is 0 Å². The first-order valence-electron chi connectivity index (χ1n) is 26.7. The fourth-order valence-electron chi connectivity index (χ4n) is 12.0. The van der Waals surface area contributed by atoms with Crippen LogP contribution in [-0.4, -0.2) is 179 Å². The van der Waals surface area contributed by atoms with Crippen molar-refractivity contribution in [3.63, 3.8) is 0 Å². The molecular weight excluding hydrogens is 937 g/mol. The lowest BCUT2D eigenvalue weighted by atomic mass is 9.76. The molecule has 410 valence electrons. The Morgan fingerprint density at radius 3 is 2.40 bits per heavy atom. The summed E-state index contributed by atoms with van der Waals surface area (Å²) in [5, 5.41) is 36.9. The van der Waals surface area contributed by atoms with Gasteiger partial charge in [-0.15, -0.1) is 5.53 Å². The SMILES string of the molecule is CC[C@H]1OC(=O)[C@H](C)[C@@H](O[C@H]2C[C@@](C)(OC)[C@@H](O)[C@H](C)O2)[C@H](C)[C@H]2O[C@@H]3O[C@H](C)C[C@H](N(C)CCC4=CN(CCCOc5ccc(-c6cccnc6)cc5)NN4)[C@H]3O[C@]2(C)C[C@@H](C)CN(C)[C@H](C)[C@@H](O)[C@]1(C)O. The predicted molar refractivity (Wildman–Crippen MR) is 275 cm³/mol. The highest BCUT2D eigenvalue weighted by Gasteiger charge is 2.58. The molecule has 0 unspecified atom stereocenters. The van der Waals surface area contributed by atoms with Crippen LogP contribution in [0.5, 0.6) is 5.75 Å². The zero-order valence-electron chi connectivity index (χ0n) is 45.7. The van der Waals surface area contributed by atoms with E-state index in [9.17, 15) is 20.1 Å². The molecule has 0 spiro atoms. The van der Waals surface area contributed by atoms with E-state index < -0.39 is 96.0 Å². The fraction of sp³-hybridized carbons (Fsp3) is 0.745. The molecule has 6 heterocycles. The number of hydrazine groups is 2. The Morgan fingerprint density at radius 2 is 1.71 bits per heavy atom. The van der Waals surface area contributed by atoms with Crippen molar-refractivity contribution >= 4 is 5.97 Å². The molecule has 7 rings (SSSR count). The minimum absolute atomic E-state index is 0.0177. The number of nitrogens with one attached hydrogen (secondary N) is 2. The average Bonchev–Trinajstić information content (AvgIpc) is 3.83. The van der Waals surface area contributed by atoms with E-state index in [4.69, 9.17) is 37.9 Å². The Balaban J connectivity index is 1.07. The van der Waals surface area contributed by atoms with E-state index in [0.29, 0.717) is 19.6 Å². The number of methoxy groups -OCH3 is 1. The van der Waals surface area contributed by atoms with Gasteiger partial charge >= 0.3 is 5.97 Å². The Kier molecular flexibility index (Phi) is 19.0. The van der Waals surface area contributed by atoms with Crippen LogP contribution in [-0.2, 0) is 38.0 Å². The largest absolute Gasteiger partial charge is 0.494 e. The summed E-state index contributed by atoms with van der Waals surface area (Å²) in [4.78, 5) is 23.1. The quantitative estimate of drug-likeness (QED) is 0.119. The average molecular weight is 1030 g/mol. The summed E-state index contributed by atoms with van der Waals surface area (Å²) < 4.78 is 52.8. The lowest BCUT2D eigenvalue weighted by Gasteiger charge is -2.56. The molecule has 4 fully saturated rings. The Labute approximate surface area is 434 Å². The van der Waals surface area contributed by atoms with Crippen LogP contribution >= 0.6 is 0 Å². The Hall–Kier alpha value is -3.50. The number of ether oxygens (including phenoxy) is 8. The lowest BCUT2D eigenvalue weighted by Crippen LogP contribution is -2.68. The van der Waals surface area contributed by atoms with Crippen molar-refractivity contribution in [2.24, 2.45) is 17.8 Å². The molecule has 73 heavy (non-hydrogen) atoms. The van der Waals surface area contributed by atoms with E-state index in [2.05, 4.69) is 72.0 Å². The summed E-state index contributed by atoms with van der Waals surface area (Å²) in [6.45, 7) is 21.6. The monoisotopic (exact) mass is 1020 g/mol. The molecule has 0 radical (unpaired) electrons. The zero-order valence-corrected chi connectivity index (χ0v) is 45.7. The van der Waals surface area contributed by atoms with Crippen molar-refractivity contribution in [2.75, 3.05) is 47.4 Å². The molecule has 5 aliphatic heterocycles. The molecule has 0 bridgehead atoms. The van der Waals surface area contributed by atoms with Crippen molar-refractivity contribution in [3.8, 4) is 16.9 Å². The van der Waals surface area contributed by atoms with Crippen LogP contribution in [0.1, 0.15) is 108 Å². The first kappa shape index (κ1) is 57.2. The number of cyclic esters (lactones) is 1. The highest BCUT2D eigenvalue weighted by atomic mass is 16.7. The molecule has 4 saturated heterocycles. The first-order chi connectivity index (χ1) is 34.6. The normalized spacial score (nSPS) is 40.1. The summed E-state index contributed by atoms with van der Waals surface area (Å²) >= 11 is 0. The molecule has 18 heteroatoms. The van der Waals surface area contributed by atoms with Crippen LogP contribution in [0.15, 0.2) is 60.7 Å². The first-order valence-corrected chi connectivity index (χ1v) is 26.7. The fourth-order valence-corrected chi connectivity index (χ4v) is 12.0. The molecule has 0 aliphatic carbocycles. The number of hydrogen-bond acceptors (Lipinski definition) is 18. The van der Waals surface area contributed by atoms with Crippen LogP contribution in [0, 0.1) is 17.8 Å². The van der Waals surface area contributed by atoms with Crippen molar-refractivity contribution in [2.45, 2.75) is 198 Å². The van der Waals surface area contributed by atoms with E-state index >= 15 is 0 Å². The van der Waals surface area contributed by atoms with Crippen molar-refractivity contribution in [3.05, 3.63) is 60.7 Å². The van der Waals surface area contributed by atoms with E-state index in [-0.39, 0.29) is 30.9 Å². The number of pyridine rings is 1. The molecule has 18 atom stereocenters. The van der Waals surface area contributed by atoms with E-state index in [1.54, 1.807) is 27.2 Å². The van der Waals surface area contributed by atoms with Gasteiger partial charge in [-0.2, -0.15) is 0 Å². The highest BCUT2D eigenvalue weighted by Crippen LogP contribution is 2.46. The van der Waals surface area contributed by atoms with Gasteiger partial charge in [0, 0.05) is 88.3 Å². The Morgan fingerprint density at radius 1 is 0.973 bits per heavy atom. The highest BCUT2D eigenvalue weighted by molar-refractivity contribution is 5.73. The molecule has 5 N–H and O–H groups in total. The van der Waals surface area contributed by atoms with Crippen LogP contribution in [0.3, 0.4) is 0 Å². The summed E-state index contributed by atoms with van der Waals surface area (Å²) in [5.74, 6) is -1.17. The number of benzene rings is 1. The van der Waals surface area contributed by atoms with E-state index in [1.165, 1.54) is 6.92 Å². The smallest absolute Gasteiger partial charge is 0.311 e. The van der Waals surface area contributed by atoms with Gasteiger partial charge in [0.25, 0.3) is 0 Å². The summed E-state index contributed by atoms with van der Waals surface area (Å²) in [5.41, 5.74) is 6.19. The van der Waals surface area contributed by atoms with Crippen molar-refractivity contribution in [1.29, 1.82) is 0 Å². The summed E-state index contributed by atoms with van der Waals surface area (Å²) in [6, 6.07) is 11.5. The van der Waals surface area contributed by atoms with Crippen molar-refractivity contribution in [1.82, 2.24) is 30.8 Å². The molecule has 1 aromatic heterocycles. The van der Waals surface area contributed by atoms with Crippen molar-refractivity contribution < 1.29 is 58.0 Å². The zero-order chi connectivity index (χ0) is 53.0. The minimum atomic E-state index is -1.77. The van der Waals surface area contributed by atoms with Gasteiger partial charge in [-0.25, -0.2) is 0 Å². The number of aromatic nitrogens is 1. The third-order valence-corrected chi connectivity index (χ3v) is 16.5. The maximum absolute atomic E-state index is 14.5. The molecule has 1 aromatic carbocycles. The number of hydrogen-bond donors (Lipinski definition) is 5. The molecular formula is C55H88N6O12. The van der Waals surface area contributed by atoms with Crippen LogP contribution in [0.4, 0.5) is 0 Å². The third kappa shape index (κ3) is 13.2. The van der Waals surface area contributed by atoms with Crippen LogP contribution < -0.4 is 15.7 Å². The number of fused-ring (bicyclic) bond motifs is 2. The second-order valence-corrected chi connectivity index (χ2v) is 22.5. The van der Waals surface area contributed by atoms with E-state index in [0.717, 1.165) is 54.9 Å². The number of rotatable bonds is 14. The summed E-state index contributed by atoms with van der Waals surface area (Å²) in [6.07, 6.45) is 1.52. The van der Waals surface area contributed by atoms with Gasteiger partial charge in [0.1, 0.15) is 35.8 Å². The van der Waals surface area contributed by atoms with Gasteiger partial charge in [0.05, 0.1) is 48.1 Å². The minimum Gasteiger partial charge on any atom is -0.494 e. The molecule has 18 nitrogen and oxygen atoms in total. The van der Waals surface area contributed by atoms with E-state index in [1.807, 2.05) is 70.1 Å². The second-order valence-electron chi connectivity index (χ2n) is 22.5.